The van der Waals surface area contributed by atoms with Gasteiger partial charge in [-0.25, -0.2) is 0 Å². The lowest BCUT2D eigenvalue weighted by Crippen LogP contribution is -2.31. The summed E-state index contributed by atoms with van der Waals surface area (Å²) in [6.07, 6.45) is 2.37. The summed E-state index contributed by atoms with van der Waals surface area (Å²) < 4.78 is 4.88. The molecule has 0 bridgehead atoms. The Morgan fingerprint density at radius 2 is 2.29 bits per heavy atom. The van der Waals surface area contributed by atoms with E-state index in [1.54, 1.807) is 11.0 Å². The van der Waals surface area contributed by atoms with Crippen molar-refractivity contribution >= 4 is 17.5 Å². The first kappa shape index (κ1) is 11.1. The molecule has 0 unspecified atom stereocenters. The minimum Gasteiger partial charge on any atom is -0.452 e. The van der Waals surface area contributed by atoms with E-state index in [4.69, 9.17) is 16.0 Å². The summed E-state index contributed by atoms with van der Waals surface area (Å²) in [6, 6.07) is 1.60. The lowest BCUT2D eigenvalue weighted by Gasteiger charge is -2.19. The van der Waals surface area contributed by atoms with E-state index in [-0.39, 0.29) is 11.1 Å². The van der Waals surface area contributed by atoms with Crippen LogP contribution in [0.1, 0.15) is 30.6 Å². The number of nitrogens with zero attached hydrogens (tertiary/aromatic N) is 1. The quantitative estimate of drug-likeness (QED) is 0.774. The Morgan fingerprint density at radius 3 is 2.71 bits per heavy atom. The Labute approximate surface area is 88.6 Å². The molecule has 0 fully saturated rings. The van der Waals surface area contributed by atoms with Crippen LogP contribution in [0.2, 0.25) is 5.22 Å². The zero-order chi connectivity index (χ0) is 10.6. The lowest BCUT2D eigenvalue weighted by molar-refractivity contribution is 0.0764. The SMILES string of the molecule is CCCN(CC)C(=O)c1ccoc1Cl. The van der Waals surface area contributed by atoms with E-state index in [1.807, 2.05) is 13.8 Å². The van der Waals surface area contributed by atoms with Crippen LogP contribution in [-0.2, 0) is 0 Å². The van der Waals surface area contributed by atoms with Gasteiger partial charge in [0.25, 0.3) is 5.91 Å². The Kier molecular flexibility index (Phi) is 4.01. The van der Waals surface area contributed by atoms with Crippen molar-refractivity contribution in [3.63, 3.8) is 0 Å². The number of rotatable bonds is 4. The molecule has 0 spiro atoms. The number of carbonyl (C=O) groups is 1. The van der Waals surface area contributed by atoms with Gasteiger partial charge in [-0.2, -0.15) is 0 Å². The molecule has 0 aromatic carbocycles. The number of amides is 1. The maximum absolute atomic E-state index is 11.8. The van der Waals surface area contributed by atoms with Gasteiger partial charge in [-0.1, -0.05) is 6.92 Å². The van der Waals surface area contributed by atoms with E-state index in [0.29, 0.717) is 12.1 Å². The average Bonchev–Trinajstić information content (AvgIpc) is 2.59. The Balaban J connectivity index is 2.78. The number of hydrogen-bond donors (Lipinski definition) is 0. The molecule has 1 rings (SSSR count). The first-order chi connectivity index (χ1) is 6.70. The van der Waals surface area contributed by atoms with Gasteiger partial charge in [0.05, 0.1) is 11.8 Å². The maximum atomic E-state index is 11.8. The third kappa shape index (κ3) is 2.29. The standard InChI is InChI=1S/C10H14ClNO2/c1-3-6-12(4-2)10(13)8-5-7-14-9(8)11/h5,7H,3-4,6H2,1-2H3. The molecule has 0 aliphatic heterocycles. The summed E-state index contributed by atoms with van der Waals surface area (Å²) in [5, 5.41) is 0.171. The van der Waals surface area contributed by atoms with Crippen molar-refractivity contribution in [3.05, 3.63) is 23.1 Å². The molecule has 1 aromatic heterocycles. The van der Waals surface area contributed by atoms with E-state index >= 15 is 0 Å². The largest absolute Gasteiger partial charge is 0.452 e. The van der Waals surface area contributed by atoms with Crippen LogP contribution in [-0.4, -0.2) is 23.9 Å². The summed E-state index contributed by atoms with van der Waals surface area (Å²) in [5.41, 5.74) is 0.446. The third-order valence-electron chi connectivity index (χ3n) is 2.01. The van der Waals surface area contributed by atoms with Crippen LogP contribution in [0, 0.1) is 0 Å². The van der Waals surface area contributed by atoms with Gasteiger partial charge in [0.1, 0.15) is 0 Å². The van der Waals surface area contributed by atoms with E-state index in [0.717, 1.165) is 13.0 Å². The normalized spacial score (nSPS) is 10.2. The van der Waals surface area contributed by atoms with Crippen LogP contribution >= 0.6 is 11.6 Å². The van der Waals surface area contributed by atoms with Crippen molar-refractivity contribution in [3.8, 4) is 0 Å². The Morgan fingerprint density at radius 1 is 1.57 bits per heavy atom. The number of carbonyl (C=O) groups excluding carboxylic acids is 1. The maximum Gasteiger partial charge on any atom is 0.258 e. The van der Waals surface area contributed by atoms with Gasteiger partial charge >= 0.3 is 0 Å². The highest BCUT2D eigenvalue weighted by Gasteiger charge is 2.17. The van der Waals surface area contributed by atoms with Crippen LogP contribution in [0.4, 0.5) is 0 Å². The first-order valence-electron chi connectivity index (χ1n) is 4.73. The molecule has 0 radical (unpaired) electrons. The average molecular weight is 216 g/mol. The van der Waals surface area contributed by atoms with Crippen molar-refractivity contribution in [2.45, 2.75) is 20.3 Å². The van der Waals surface area contributed by atoms with Crippen LogP contribution in [0.15, 0.2) is 16.7 Å². The highest BCUT2D eigenvalue weighted by atomic mass is 35.5. The van der Waals surface area contributed by atoms with Crippen molar-refractivity contribution < 1.29 is 9.21 Å². The van der Waals surface area contributed by atoms with Crippen molar-refractivity contribution in [2.75, 3.05) is 13.1 Å². The summed E-state index contributed by atoms with van der Waals surface area (Å²) >= 11 is 5.72. The molecule has 0 saturated carbocycles. The highest BCUT2D eigenvalue weighted by Crippen LogP contribution is 2.18. The van der Waals surface area contributed by atoms with Gasteiger partial charge in [0.2, 0.25) is 5.22 Å². The van der Waals surface area contributed by atoms with Crippen LogP contribution in [0.3, 0.4) is 0 Å². The second-order valence-corrected chi connectivity index (χ2v) is 3.34. The molecule has 0 aliphatic rings. The fourth-order valence-electron chi connectivity index (χ4n) is 1.29. The van der Waals surface area contributed by atoms with Gasteiger partial charge in [-0.05, 0) is 31.0 Å². The van der Waals surface area contributed by atoms with Crippen LogP contribution in [0.25, 0.3) is 0 Å². The van der Waals surface area contributed by atoms with E-state index in [2.05, 4.69) is 0 Å². The predicted octanol–water partition coefficient (Wildman–Crippen LogP) is 2.81. The molecule has 0 aliphatic carbocycles. The van der Waals surface area contributed by atoms with Crippen LogP contribution in [0.5, 0.6) is 0 Å². The molecule has 14 heavy (non-hydrogen) atoms. The van der Waals surface area contributed by atoms with E-state index in [9.17, 15) is 4.79 Å². The van der Waals surface area contributed by atoms with Gasteiger partial charge in [0.15, 0.2) is 0 Å². The molecular formula is C10H14ClNO2. The Hall–Kier alpha value is -0.960. The third-order valence-corrected chi connectivity index (χ3v) is 2.30. The second kappa shape index (κ2) is 5.05. The molecule has 78 valence electrons. The lowest BCUT2D eigenvalue weighted by atomic mass is 10.3. The number of hydrogen-bond acceptors (Lipinski definition) is 2. The molecule has 0 atom stereocenters. The molecule has 1 amide bonds. The van der Waals surface area contributed by atoms with Crippen LogP contribution < -0.4 is 0 Å². The van der Waals surface area contributed by atoms with Crippen molar-refractivity contribution in [1.29, 1.82) is 0 Å². The summed E-state index contributed by atoms with van der Waals surface area (Å²) in [7, 11) is 0. The first-order valence-corrected chi connectivity index (χ1v) is 5.10. The fraction of sp³-hybridized carbons (Fsp3) is 0.500. The van der Waals surface area contributed by atoms with E-state index in [1.165, 1.54) is 6.26 Å². The smallest absolute Gasteiger partial charge is 0.258 e. The van der Waals surface area contributed by atoms with E-state index < -0.39 is 0 Å². The predicted molar refractivity (Wildman–Crippen MR) is 55.6 cm³/mol. The molecule has 1 heterocycles. The topological polar surface area (TPSA) is 33.5 Å². The summed E-state index contributed by atoms with van der Waals surface area (Å²) in [5.74, 6) is -0.0619. The zero-order valence-electron chi connectivity index (χ0n) is 8.42. The second-order valence-electron chi connectivity index (χ2n) is 2.99. The summed E-state index contributed by atoms with van der Waals surface area (Å²) in [4.78, 5) is 13.6. The van der Waals surface area contributed by atoms with Gasteiger partial charge in [-0.3, -0.25) is 4.79 Å². The van der Waals surface area contributed by atoms with Gasteiger partial charge < -0.3 is 9.32 Å². The molecular weight excluding hydrogens is 202 g/mol. The highest BCUT2D eigenvalue weighted by molar-refractivity contribution is 6.32. The molecule has 0 saturated heterocycles. The summed E-state index contributed by atoms with van der Waals surface area (Å²) in [6.45, 7) is 5.42. The molecule has 4 heteroatoms. The monoisotopic (exact) mass is 215 g/mol. The fourth-order valence-corrected chi connectivity index (χ4v) is 1.48. The zero-order valence-corrected chi connectivity index (χ0v) is 9.17. The van der Waals surface area contributed by atoms with Crippen molar-refractivity contribution in [1.82, 2.24) is 4.90 Å². The van der Waals surface area contributed by atoms with Gasteiger partial charge in [0, 0.05) is 13.1 Å². The molecule has 1 aromatic rings. The number of furan rings is 1. The Bertz CT molecular complexity index is 309. The minimum absolute atomic E-state index is 0.0619. The van der Waals surface area contributed by atoms with Gasteiger partial charge in [-0.15, -0.1) is 0 Å². The molecule has 3 nitrogen and oxygen atoms in total. The number of halogens is 1. The molecule has 0 N–H and O–H groups in total. The van der Waals surface area contributed by atoms with Crippen molar-refractivity contribution in [2.24, 2.45) is 0 Å². The minimum atomic E-state index is -0.0619.